The number of amides is 1. The van der Waals surface area contributed by atoms with E-state index in [1.54, 1.807) is 18.2 Å². The largest absolute Gasteiger partial charge is 0.317 e. The second kappa shape index (κ2) is 6.25. The number of thiocarbonyl (C=S) groups is 1. The fraction of sp³-hybridized carbons (Fsp3) is 0.133. The molecule has 102 valence electrons. The zero-order chi connectivity index (χ0) is 14.5. The minimum Gasteiger partial charge on any atom is -0.317 e. The van der Waals surface area contributed by atoms with Crippen LogP contribution in [0.2, 0.25) is 0 Å². The SMILES string of the molecule is Cc1ccc(C(=O)NC(=S)Nc2cccc(C)n2)cc1. The third-order valence-electron chi connectivity index (χ3n) is 2.67. The summed E-state index contributed by atoms with van der Waals surface area (Å²) in [6, 6.07) is 12.8. The Labute approximate surface area is 123 Å². The summed E-state index contributed by atoms with van der Waals surface area (Å²) < 4.78 is 0. The fourth-order valence-corrected chi connectivity index (χ4v) is 1.84. The number of hydrogen-bond acceptors (Lipinski definition) is 3. The normalized spacial score (nSPS) is 9.90. The molecule has 0 aliphatic rings. The summed E-state index contributed by atoms with van der Waals surface area (Å²) in [6.07, 6.45) is 0. The minimum atomic E-state index is -0.241. The Morgan fingerprint density at radius 3 is 2.45 bits per heavy atom. The monoisotopic (exact) mass is 285 g/mol. The number of nitrogens with zero attached hydrogens (tertiary/aromatic N) is 1. The summed E-state index contributed by atoms with van der Waals surface area (Å²) in [6.45, 7) is 3.86. The molecule has 1 heterocycles. The average molecular weight is 285 g/mol. The topological polar surface area (TPSA) is 54.0 Å². The predicted molar refractivity (Wildman–Crippen MR) is 83.8 cm³/mol. The van der Waals surface area contributed by atoms with Gasteiger partial charge in [-0.2, -0.15) is 0 Å². The molecule has 2 N–H and O–H groups in total. The molecule has 0 aliphatic heterocycles. The minimum absolute atomic E-state index is 0.230. The van der Waals surface area contributed by atoms with Crippen LogP contribution in [-0.4, -0.2) is 16.0 Å². The van der Waals surface area contributed by atoms with Gasteiger partial charge in [-0.05, 0) is 50.3 Å². The second-order valence-corrected chi connectivity index (χ2v) is 4.85. The number of aryl methyl sites for hydroxylation is 2. The van der Waals surface area contributed by atoms with Gasteiger partial charge in [0.25, 0.3) is 5.91 Å². The number of rotatable bonds is 2. The molecule has 1 aromatic heterocycles. The van der Waals surface area contributed by atoms with E-state index in [2.05, 4.69) is 15.6 Å². The van der Waals surface area contributed by atoms with Gasteiger partial charge < -0.3 is 5.32 Å². The summed E-state index contributed by atoms with van der Waals surface area (Å²) in [5.74, 6) is 0.370. The third-order valence-corrected chi connectivity index (χ3v) is 2.87. The first-order valence-corrected chi connectivity index (χ1v) is 6.58. The van der Waals surface area contributed by atoms with Crippen molar-refractivity contribution in [2.45, 2.75) is 13.8 Å². The summed E-state index contributed by atoms with van der Waals surface area (Å²) in [4.78, 5) is 16.2. The lowest BCUT2D eigenvalue weighted by Crippen LogP contribution is -2.34. The number of aromatic nitrogens is 1. The van der Waals surface area contributed by atoms with Crippen molar-refractivity contribution in [3.05, 3.63) is 59.3 Å². The number of hydrogen-bond donors (Lipinski definition) is 2. The van der Waals surface area contributed by atoms with Crippen LogP contribution in [0.5, 0.6) is 0 Å². The van der Waals surface area contributed by atoms with Crippen LogP contribution in [0.3, 0.4) is 0 Å². The summed E-state index contributed by atoms with van der Waals surface area (Å²) in [7, 11) is 0. The van der Waals surface area contributed by atoms with Crippen LogP contribution in [0.1, 0.15) is 21.6 Å². The summed E-state index contributed by atoms with van der Waals surface area (Å²) in [5.41, 5.74) is 2.55. The van der Waals surface area contributed by atoms with Crippen LogP contribution in [0, 0.1) is 13.8 Å². The van der Waals surface area contributed by atoms with Crippen molar-refractivity contribution in [2.75, 3.05) is 5.32 Å². The molecule has 2 rings (SSSR count). The molecule has 4 nitrogen and oxygen atoms in total. The molecule has 5 heteroatoms. The highest BCUT2D eigenvalue weighted by Gasteiger charge is 2.07. The fourth-order valence-electron chi connectivity index (χ4n) is 1.64. The maximum atomic E-state index is 12.0. The van der Waals surface area contributed by atoms with Crippen molar-refractivity contribution >= 4 is 29.1 Å². The molecule has 0 spiro atoms. The Morgan fingerprint density at radius 1 is 1.10 bits per heavy atom. The number of nitrogens with one attached hydrogen (secondary N) is 2. The van der Waals surface area contributed by atoms with Crippen molar-refractivity contribution in [2.24, 2.45) is 0 Å². The highest BCUT2D eigenvalue weighted by Crippen LogP contribution is 2.05. The maximum absolute atomic E-state index is 12.0. The van der Waals surface area contributed by atoms with E-state index in [1.165, 1.54) is 0 Å². The zero-order valence-corrected chi connectivity index (χ0v) is 12.1. The van der Waals surface area contributed by atoms with Gasteiger partial charge in [-0.3, -0.25) is 10.1 Å². The molecule has 0 saturated heterocycles. The standard InChI is InChI=1S/C15H15N3OS/c1-10-6-8-12(9-7-10)14(19)18-15(20)17-13-5-3-4-11(2)16-13/h3-9H,1-2H3,(H2,16,17,18,19,20). The van der Waals surface area contributed by atoms with Crippen LogP contribution in [-0.2, 0) is 0 Å². The lowest BCUT2D eigenvalue weighted by atomic mass is 10.1. The smallest absolute Gasteiger partial charge is 0.257 e. The zero-order valence-electron chi connectivity index (χ0n) is 11.3. The molecule has 1 amide bonds. The van der Waals surface area contributed by atoms with E-state index in [1.807, 2.05) is 38.1 Å². The second-order valence-electron chi connectivity index (χ2n) is 4.44. The summed E-state index contributed by atoms with van der Waals surface area (Å²) >= 11 is 5.10. The maximum Gasteiger partial charge on any atom is 0.257 e. The quantitative estimate of drug-likeness (QED) is 0.833. The lowest BCUT2D eigenvalue weighted by Gasteiger charge is -2.09. The van der Waals surface area contributed by atoms with Crippen LogP contribution in [0.4, 0.5) is 5.82 Å². The molecule has 0 bridgehead atoms. The van der Waals surface area contributed by atoms with E-state index in [-0.39, 0.29) is 11.0 Å². The number of anilines is 1. The van der Waals surface area contributed by atoms with Gasteiger partial charge in [0.15, 0.2) is 5.11 Å². The first kappa shape index (κ1) is 14.1. The Bertz CT molecular complexity index is 638. The molecule has 20 heavy (non-hydrogen) atoms. The van der Waals surface area contributed by atoms with E-state index in [0.717, 1.165) is 11.3 Å². The Hall–Kier alpha value is -2.27. The van der Waals surface area contributed by atoms with Gasteiger partial charge in [-0.25, -0.2) is 4.98 Å². The molecule has 0 aliphatic carbocycles. The molecule has 0 radical (unpaired) electrons. The molecule has 0 unspecified atom stereocenters. The van der Waals surface area contributed by atoms with Gasteiger partial charge in [0.2, 0.25) is 0 Å². The van der Waals surface area contributed by atoms with Crippen molar-refractivity contribution < 1.29 is 4.79 Å². The van der Waals surface area contributed by atoms with E-state index in [0.29, 0.717) is 11.4 Å². The first-order chi connectivity index (χ1) is 9.54. The van der Waals surface area contributed by atoms with E-state index < -0.39 is 0 Å². The average Bonchev–Trinajstić information content (AvgIpc) is 2.39. The van der Waals surface area contributed by atoms with Gasteiger partial charge in [0.1, 0.15) is 5.82 Å². The first-order valence-electron chi connectivity index (χ1n) is 6.17. The Kier molecular flexibility index (Phi) is 4.42. The Morgan fingerprint density at radius 2 is 1.80 bits per heavy atom. The highest BCUT2D eigenvalue weighted by atomic mass is 32.1. The van der Waals surface area contributed by atoms with Crippen LogP contribution < -0.4 is 10.6 Å². The van der Waals surface area contributed by atoms with Crippen molar-refractivity contribution in [1.29, 1.82) is 0 Å². The molecular formula is C15H15N3OS. The lowest BCUT2D eigenvalue weighted by molar-refractivity contribution is 0.0978. The molecule has 0 fully saturated rings. The number of pyridine rings is 1. The van der Waals surface area contributed by atoms with Crippen LogP contribution in [0.25, 0.3) is 0 Å². The number of benzene rings is 1. The predicted octanol–water partition coefficient (Wildman–Crippen LogP) is 2.83. The molecular weight excluding hydrogens is 270 g/mol. The van der Waals surface area contributed by atoms with Gasteiger partial charge in [-0.15, -0.1) is 0 Å². The van der Waals surface area contributed by atoms with Crippen molar-refractivity contribution in [3.63, 3.8) is 0 Å². The number of carbonyl (C=O) groups is 1. The van der Waals surface area contributed by atoms with Crippen LogP contribution >= 0.6 is 12.2 Å². The molecule has 1 aromatic carbocycles. The highest BCUT2D eigenvalue weighted by molar-refractivity contribution is 7.80. The molecule has 2 aromatic rings. The summed E-state index contributed by atoms with van der Waals surface area (Å²) in [5, 5.41) is 5.74. The van der Waals surface area contributed by atoms with E-state index in [4.69, 9.17) is 12.2 Å². The van der Waals surface area contributed by atoms with Gasteiger partial charge in [0, 0.05) is 11.3 Å². The number of carbonyl (C=O) groups excluding carboxylic acids is 1. The molecule has 0 saturated carbocycles. The van der Waals surface area contributed by atoms with Gasteiger partial charge >= 0.3 is 0 Å². The Balaban J connectivity index is 1.97. The van der Waals surface area contributed by atoms with Crippen LogP contribution in [0.15, 0.2) is 42.5 Å². The van der Waals surface area contributed by atoms with E-state index in [9.17, 15) is 4.79 Å². The van der Waals surface area contributed by atoms with Gasteiger partial charge in [-0.1, -0.05) is 23.8 Å². The third kappa shape index (κ3) is 3.86. The molecule has 0 atom stereocenters. The van der Waals surface area contributed by atoms with Crippen molar-refractivity contribution in [1.82, 2.24) is 10.3 Å². The van der Waals surface area contributed by atoms with Crippen molar-refractivity contribution in [3.8, 4) is 0 Å². The van der Waals surface area contributed by atoms with Gasteiger partial charge in [0.05, 0.1) is 0 Å². The van der Waals surface area contributed by atoms with E-state index >= 15 is 0 Å².